The Hall–Kier alpha value is -1.55. The molecule has 1 amide bonds. The molecule has 98 valence electrons. The number of ether oxygens (including phenoxy) is 1. The first-order chi connectivity index (χ1) is 8.66. The molecule has 0 aliphatic carbocycles. The second-order valence-electron chi connectivity index (χ2n) is 4.75. The highest BCUT2D eigenvalue weighted by atomic mass is 16.5. The van der Waals surface area contributed by atoms with E-state index in [1.807, 2.05) is 31.2 Å². The largest absolute Gasteiger partial charge is 0.481 e. The molecule has 0 bridgehead atoms. The van der Waals surface area contributed by atoms with E-state index in [0.717, 1.165) is 37.1 Å². The van der Waals surface area contributed by atoms with E-state index in [2.05, 4.69) is 5.32 Å². The van der Waals surface area contributed by atoms with E-state index in [0.29, 0.717) is 0 Å². The number of rotatable bonds is 3. The second-order valence-corrected chi connectivity index (χ2v) is 4.75. The van der Waals surface area contributed by atoms with Gasteiger partial charge in [-0.15, -0.1) is 0 Å². The Balaban J connectivity index is 2.01. The number of hydrogen-bond acceptors (Lipinski definition) is 3. The van der Waals surface area contributed by atoms with Gasteiger partial charge in [0.25, 0.3) is 5.91 Å². The van der Waals surface area contributed by atoms with E-state index in [9.17, 15) is 4.79 Å². The number of nitrogens with two attached hydrogens (primary N) is 1. The summed E-state index contributed by atoms with van der Waals surface area (Å²) in [5.74, 6) is 0.713. The van der Waals surface area contributed by atoms with Crippen molar-refractivity contribution in [3.8, 4) is 5.75 Å². The van der Waals surface area contributed by atoms with Crippen LogP contribution < -0.4 is 15.8 Å². The van der Waals surface area contributed by atoms with Crippen molar-refractivity contribution in [1.82, 2.24) is 5.32 Å². The van der Waals surface area contributed by atoms with Gasteiger partial charge in [-0.3, -0.25) is 4.79 Å². The molecule has 2 atom stereocenters. The first-order valence-electron chi connectivity index (χ1n) is 6.47. The van der Waals surface area contributed by atoms with Crippen LogP contribution in [-0.2, 0) is 4.79 Å². The minimum Gasteiger partial charge on any atom is -0.481 e. The topological polar surface area (TPSA) is 64.3 Å². The van der Waals surface area contributed by atoms with Crippen molar-refractivity contribution in [2.24, 2.45) is 5.73 Å². The van der Waals surface area contributed by atoms with Gasteiger partial charge in [-0.25, -0.2) is 0 Å². The van der Waals surface area contributed by atoms with E-state index < -0.39 is 0 Å². The van der Waals surface area contributed by atoms with Crippen LogP contribution in [0.15, 0.2) is 24.3 Å². The van der Waals surface area contributed by atoms with E-state index in [1.54, 1.807) is 0 Å². The molecule has 0 saturated carbocycles. The van der Waals surface area contributed by atoms with Gasteiger partial charge in [0.1, 0.15) is 5.75 Å². The maximum atomic E-state index is 11.7. The maximum absolute atomic E-state index is 11.7. The van der Waals surface area contributed by atoms with Crippen molar-refractivity contribution < 1.29 is 9.53 Å². The number of nitrogens with one attached hydrogen (secondary N) is 1. The minimum atomic E-state index is -0.367. The van der Waals surface area contributed by atoms with E-state index in [4.69, 9.17) is 10.5 Å². The highest BCUT2D eigenvalue weighted by Gasteiger charge is 2.22. The van der Waals surface area contributed by atoms with Gasteiger partial charge in [0.05, 0.1) is 0 Å². The summed E-state index contributed by atoms with van der Waals surface area (Å²) in [6.45, 7) is 2.69. The summed E-state index contributed by atoms with van der Waals surface area (Å²) in [6, 6.07) is 7.64. The van der Waals surface area contributed by atoms with Gasteiger partial charge < -0.3 is 15.8 Å². The van der Waals surface area contributed by atoms with E-state index in [-0.39, 0.29) is 18.1 Å². The Bertz CT molecular complexity index is 401. The molecule has 3 N–H and O–H groups in total. The van der Waals surface area contributed by atoms with Gasteiger partial charge in [-0.1, -0.05) is 12.1 Å². The van der Waals surface area contributed by atoms with Crippen molar-refractivity contribution in [2.75, 3.05) is 6.54 Å². The van der Waals surface area contributed by atoms with Crippen LogP contribution in [0.1, 0.15) is 37.8 Å². The summed E-state index contributed by atoms with van der Waals surface area (Å²) in [4.78, 5) is 11.7. The van der Waals surface area contributed by atoms with Gasteiger partial charge in [-0.05, 0) is 43.9 Å². The van der Waals surface area contributed by atoms with Crippen LogP contribution in [0.5, 0.6) is 5.75 Å². The van der Waals surface area contributed by atoms with Crippen LogP contribution in [0.3, 0.4) is 0 Å². The van der Waals surface area contributed by atoms with Gasteiger partial charge in [0.15, 0.2) is 6.10 Å². The fourth-order valence-corrected chi connectivity index (χ4v) is 2.04. The zero-order valence-electron chi connectivity index (χ0n) is 10.7. The Morgan fingerprint density at radius 2 is 2.06 bits per heavy atom. The highest BCUT2D eigenvalue weighted by Crippen LogP contribution is 2.19. The Morgan fingerprint density at radius 3 is 2.72 bits per heavy atom. The van der Waals surface area contributed by atoms with Crippen LogP contribution in [-0.4, -0.2) is 18.6 Å². The fourth-order valence-electron chi connectivity index (χ4n) is 2.04. The van der Waals surface area contributed by atoms with Crippen LogP contribution in [0.2, 0.25) is 0 Å². The Morgan fingerprint density at radius 1 is 1.33 bits per heavy atom. The van der Waals surface area contributed by atoms with Crippen molar-refractivity contribution >= 4 is 5.91 Å². The van der Waals surface area contributed by atoms with Gasteiger partial charge in [-0.2, -0.15) is 0 Å². The van der Waals surface area contributed by atoms with Crippen molar-refractivity contribution in [2.45, 2.75) is 38.3 Å². The summed E-state index contributed by atoms with van der Waals surface area (Å²) >= 11 is 0. The molecular formula is C14H20N2O2. The van der Waals surface area contributed by atoms with Crippen LogP contribution >= 0.6 is 0 Å². The maximum Gasteiger partial charge on any atom is 0.261 e. The zero-order valence-corrected chi connectivity index (χ0v) is 10.7. The van der Waals surface area contributed by atoms with E-state index >= 15 is 0 Å². The van der Waals surface area contributed by atoms with Gasteiger partial charge >= 0.3 is 0 Å². The quantitative estimate of drug-likeness (QED) is 0.856. The van der Waals surface area contributed by atoms with Crippen molar-refractivity contribution in [3.05, 3.63) is 29.8 Å². The summed E-state index contributed by atoms with van der Waals surface area (Å²) in [5, 5.41) is 2.86. The highest BCUT2D eigenvalue weighted by molar-refractivity contribution is 5.81. The van der Waals surface area contributed by atoms with Gasteiger partial charge in [0.2, 0.25) is 0 Å². The molecule has 1 fully saturated rings. The number of carbonyl (C=O) groups excluding carboxylic acids is 1. The lowest BCUT2D eigenvalue weighted by Crippen LogP contribution is -2.36. The average molecular weight is 248 g/mol. The van der Waals surface area contributed by atoms with Crippen LogP contribution in [0.4, 0.5) is 0 Å². The molecule has 0 radical (unpaired) electrons. The first-order valence-corrected chi connectivity index (χ1v) is 6.47. The number of carbonyl (C=O) groups is 1. The summed E-state index contributed by atoms with van der Waals surface area (Å²) in [7, 11) is 0. The smallest absolute Gasteiger partial charge is 0.261 e. The molecule has 2 rings (SSSR count). The lowest BCUT2D eigenvalue weighted by molar-refractivity contribution is -0.127. The van der Waals surface area contributed by atoms with Crippen LogP contribution in [0, 0.1) is 0 Å². The zero-order chi connectivity index (χ0) is 13.0. The second kappa shape index (κ2) is 5.87. The minimum absolute atomic E-state index is 0.0104. The molecule has 18 heavy (non-hydrogen) atoms. The first kappa shape index (κ1) is 12.9. The molecule has 1 aliphatic heterocycles. The molecule has 1 heterocycles. The summed E-state index contributed by atoms with van der Waals surface area (Å²) in [6.07, 6.45) is 2.45. The van der Waals surface area contributed by atoms with E-state index in [1.165, 1.54) is 0 Å². The average Bonchev–Trinajstić information content (AvgIpc) is 2.56. The Kier molecular flexibility index (Phi) is 4.20. The molecule has 1 aromatic rings. The molecule has 0 spiro atoms. The lowest BCUT2D eigenvalue weighted by Gasteiger charge is -2.16. The molecular weight excluding hydrogens is 228 g/mol. The molecule has 1 aromatic carbocycles. The molecule has 1 unspecified atom stereocenters. The third-order valence-electron chi connectivity index (χ3n) is 3.17. The summed E-state index contributed by atoms with van der Waals surface area (Å²) in [5.41, 5.74) is 6.85. The monoisotopic (exact) mass is 248 g/mol. The SMILES string of the molecule is C[C@H](N)c1ccc(OC2CCCCNC2=O)cc1. The third kappa shape index (κ3) is 3.23. The van der Waals surface area contributed by atoms with Crippen molar-refractivity contribution in [1.29, 1.82) is 0 Å². The molecule has 1 saturated heterocycles. The molecule has 1 aliphatic rings. The normalized spacial score (nSPS) is 21.9. The number of amides is 1. The predicted octanol–water partition coefficient (Wildman–Crippen LogP) is 1.75. The number of hydrogen-bond donors (Lipinski definition) is 2. The lowest BCUT2D eigenvalue weighted by atomic mass is 10.1. The molecule has 4 heteroatoms. The Labute approximate surface area is 108 Å². The standard InChI is InChI=1S/C14H20N2O2/c1-10(15)11-5-7-12(8-6-11)18-13-4-2-3-9-16-14(13)17/h5-8,10,13H,2-4,9,15H2,1H3,(H,16,17)/t10-,13?/m0/s1. The molecule has 4 nitrogen and oxygen atoms in total. The fraction of sp³-hybridized carbons (Fsp3) is 0.500. The predicted molar refractivity (Wildman–Crippen MR) is 70.3 cm³/mol. The van der Waals surface area contributed by atoms with Gasteiger partial charge in [0, 0.05) is 12.6 Å². The van der Waals surface area contributed by atoms with Crippen LogP contribution in [0.25, 0.3) is 0 Å². The van der Waals surface area contributed by atoms with Crippen molar-refractivity contribution in [3.63, 3.8) is 0 Å². The molecule has 0 aromatic heterocycles. The third-order valence-corrected chi connectivity index (χ3v) is 3.17. The number of benzene rings is 1. The summed E-state index contributed by atoms with van der Waals surface area (Å²) < 4.78 is 5.73.